The Morgan fingerprint density at radius 1 is 1.05 bits per heavy atom. The lowest BCUT2D eigenvalue weighted by Crippen LogP contribution is -2.49. The third-order valence-corrected chi connectivity index (χ3v) is 4.75. The van der Waals surface area contributed by atoms with Crippen molar-refractivity contribution in [1.82, 2.24) is 0 Å². The minimum Gasteiger partial charge on any atom is -0.396 e. The smallest absolute Gasteiger partial charge is 0.396 e. The molecule has 0 aromatic heterocycles. The van der Waals surface area contributed by atoms with Crippen molar-refractivity contribution in [2.75, 3.05) is 52.9 Å². The maximum absolute atomic E-state index is 11.5. The molecule has 0 radical (unpaired) electrons. The highest BCUT2D eigenvalue weighted by atomic mass is 31.2. The van der Waals surface area contributed by atoms with Crippen molar-refractivity contribution in [1.29, 1.82) is 0 Å². The van der Waals surface area contributed by atoms with Crippen LogP contribution in [0.2, 0.25) is 0 Å². The molecule has 8 nitrogen and oxygen atoms in total. The highest BCUT2D eigenvalue weighted by molar-refractivity contribution is 7.48. The van der Waals surface area contributed by atoms with Gasteiger partial charge in [-0.15, -0.1) is 0 Å². The van der Waals surface area contributed by atoms with E-state index in [1.54, 1.807) is 0 Å². The second kappa shape index (κ2) is 5.75. The summed E-state index contributed by atoms with van der Waals surface area (Å²) in [6.45, 7) is -0.300. The predicted molar refractivity (Wildman–Crippen MR) is 62.4 cm³/mol. The van der Waals surface area contributed by atoms with E-state index in [-0.39, 0.29) is 52.9 Å². The minimum absolute atomic E-state index is 0.00406. The lowest BCUT2D eigenvalue weighted by atomic mass is 9.91. The maximum Gasteiger partial charge on any atom is 0.474 e. The molecule has 3 heterocycles. The summed E-state index contributed by atoms with van der Waals surface area (Å²) >= 11 is 0. The van der Waals surface area contributed by atoms with E-state index >= 15 is 0 Å². The van der Waals surface area contributed by atoms with E-state index in [0.717, 1.165) is 0 Å². The van der Waals surface area contributed by atoms with Crippen LogP contribution in [0.15, 0.2) is 0 Å². The van der Waals surface area contributed by atoms with Crippen LogP contribution in [0.5, 0.6) is 0 Å². The molecular formula is C10H19O8P. The Bertz CT molecular complexity index is 316. The first-order valence-electron chi connectivity index (χ1n) is 5.95. The van der Waals surface area contributed by atoms with Crippen LogP contribution in [-0.2, 0) is 22.9 Å². The van der Waals surface area contributed by atoms with Crippen LogP contribution >= 0.6 is 7.82 Å². The first-order valence-corrected chi connectivity index (χ1v) is 7.41. The maximum atomic E-state index is 11.5. The molecule has 9 heteroatoms. The Kier molecular flexibility index (Phi) is 4.64. The Morgan fingerprint density at radius 2 is 1.53 bits per heavy atom. The summed E-state index contributed by atoms with van der Waals surface area (Å²) in [6, 6.07) is 0. The molecule has 0 aromatic carbocycles. The zero-order valence-electron chi connectivity index (χ0n) is 10.5. The van der Waals surface area contributed by atoms with Gasteiger partial charge in [-0.2, -0.15) is 0 Å². The number of rotatable bonds is 7. The average Bonchev–Trinajstić information content (AvgIpc) is 2.46. The monoisotopic (exact) mass is 298 g/mol. The van der Waals surface area contributed by atoms with E-state index in [1.165, 1.54) is 0 Å². The van der Waals surface area contributed by atoms with Crippen LogP contribution in [0.1, 0.15) is 0 Å². The summed E-state index contributed by atoms with van der Waals surface area (Å²) in [4.78, 5) is 0. The van der Waals surface area contributed by atoms with Gasteiger partial charge >= 0.3 is 7.82 Å². The van der Waals surface area contributed by atoms with Crippen molar-refractivity contribution in [3.8, 4) is 0 Å². The van der Waals surface area contributed by atoms with Crippen LogP contribution in [-0.4, -0.2) is 68.2 Å². The molecule has 2 bridgehead atoms. The third kappa shape index (κ3) is 3.17. The number of aliphatic hydroxyl groups is 3. The Morgan fingerprint density at radius 3 is 1.95 bits per heavy atom. The van der Waals surface area contributed by atoms with E-state index in [0.29, 0.717) is 0 Å². The Balaban J connectivity index is 1.84. The van der Waals surface area contributed by atoms with Gasteiger partial charge in [0.05, 0.1) is 63.7 Å². The fourth-order valence-electron chi connectivity index (χ4n) is 1.78. The zero-order valence-corrected chi connectivity index (χ0v) is 11.4. The minimum atomic E-state index is -3.33. The summed E-state index contributed by atoms with van der Waals surface area (Å²) < 4.78 is 32.0. The standard InChI is InChI=1S/C10H19O8P/c11-1-9(2-12,3-13)4-15-5-10-6-16-19(14,17-7-10)18-8-10/h11-13H,1-8H2. The molecule has 19 heavy (non-hydrogen) atoms. The number of phosphoric ester groups is 1. The quantitative estimate of drug-likeness (QED) is 0.520. The van der Waals surface area contributed by atoms with Crippen molar-refractivity contribution in [2.24, 2.45) is 10.8 Å². The molecule has 3 aliphatic heterocycles. The molecule has 0 saturated carbocycles. The van der Waals surface area contributed by atoms with Crippen LogP contribution in [0.25, 0.3) is 0 Å². The van der Waals surface area contributed by atoms with Gasteiger partial charge in [0.2, 0.25) is 0 Å². The Labute approximate surface area is 110 Å². The molecule has 0 amide bonds. The van der Waals surface area contributed by atoms with Crippen LogP contribution in [0.3, 0.4) is 0 Å². The van der Waals surface area contributed by atoms with Gasteiger partial charge in [-0.3, -0.25) is 13.6 Å². The molecule has 3 N–H and O–H groups in total. The number of fused-ring (bicyclic) bond motifs is 3. The number of hydrogen-bond acceptors (Lipinski definition) is 8. The molecule has 3 saturated heterocycles. The summed E-state index contributed by atoms with van der Waals surface area (Å²) in [5.74, 6) is 0. The summed E-state index contributed by atoms with van der Waals surface area (Å²) in [5, 5.41) is 27.5. The van der Waals surface area contributed by atoms with Gasteiger partial charge in [-0.1, -0.05) is 0 Å². The number of ether oxygens (including phenoxy) is 1. The molecule has 112 valence electrons. The molecule has 0 atom stereocenters. The van der Waals surface area contributed by atoms with E-state index < -0.39 is 18.7 Å². The van der Waals surface area contributed by atoms with E-state index in [1.807, 2.05) is 0 Å². The topological polar surface area (TPSA) is 115 Å². The third-order valence-electron chi connectivity index (χ3n) is 3.41. The summed E-state index contributed by atoms with van der Waals surface area (Å²) in [7, 11) is -3.33. The van der Waals surface area contributed by atoms with E-state index in [2.05, 4.69) is 0 Å². The fraction of sp³-hybridized carbons (Fsp3) is 1.00. The molecule has 0 unspecified atom stereocenters. The van der Waals surface area contributed by atoms with Crippen molar-refractivity contribution in [3.05, 3.63) is 0 Å². The van der Waals surface area contributed by atoms with Gasteiger partial charge in [-0.25, -0.2) is 4.57 Å². The van der Waals surface area contributed by atoms with Crippen LogP contribution < -0.4 is 0 Å². The highest BCUT2D eigenvalue weighted by Crippen LogP contribution is 2.59. The second-order valence-electron chi connectivity index (χ2n) is 5.23. The molecule has 3 aliphatic rings. The first kappa shape index (κ1) is 15.3. The molecule has 0 aliphatic carbocycles. The largest absolute Gasteiger partial charge is 0.474 e. The average molecular weight is 298 g/mol. The SMILES string of the molecule is O=P12OCC(COCC(CO)(CO)CO)(CO1)CO2. The predicted octanol–water partition coefficient (Wildman–Crippen LogP) is -0.862. The van der Waals surface area contributed by atoms with Gasteiger partial charge in [-0.05, 0) is 0 Å². The van der Waals surface area contributed by atoms with Gasteiger partial charge < -0.3 is 20.1 Å². The number of hydrogen-bond donors (Lipinski definition) is 3. The molecule has 3 rings (SSSR count). The van der Waals surface area contributed by atoms with Crippen LogP contribution in [0, 0.1) is 10.8 Å². The summed E-state index contributed by atoms with van der Waals surface area (Å²) in [6.07, 6.45) is 0. The normalized spacial score (nSPS) is 34.7. The van der Waals surface area contributed by atoms with Crippen molar-refractivity contribution in [2.45, 2.75) is 0 Å². The first-order chi connectivity index (χ1) is 9.01. The lowest BCUT2D eigenvalue weighted by Gasteiger charge is -2.44. The molecule has 0 spiro atoms. The summed E-state index contributed by atoms with van der Waals surface area (Å²) in [5.41, 5.74) is -1.60. The fourth-order valence-corrected chi connectivity index (χ4v) is 3.30. The van der Waals surface area contributed by atoms with Gasteiger partial charge in [0.25, 0.3) is 0 Å². The molecular weight excluding hydrogens is 279 g/mol. The van der Waals surface area contributed by atoms with Crippen molar-refractivity contribution < 1.29 is 38.2 Å². The highest BCUT2D eigenvalue weighted by Gasteiger charge is 2.51. The van der Waals surface area contributed by atoms with E-state index in [4.69, 9.17) is 33.6 Å². The zero-order chi connectivity index (χ0) is 14.0. The second-order valence-corrected chi connectivity index (χ2v) is 6.90. The van der Waals surface area contributed by atoms with Crippen molar-refractivity contribution in [3.63, 3.8) is 0 Å². The van der Waals surface area contributed by atoms with Gasteiger partial charge in [0.15, 0.2) is 0 Å². The molecule has 3 fully saturated rings. The van der Waals surface area contributed by atoms with Gasteiger partial charge in [0, 0.05) is 0 Å². The Hall–Kier alpha value is -0.0500. The molecule has 0 aromatic rings. The number of aliphatic hydroxyl groups excluding tert-OH is 3. The van der Waals surface area contributed by atoms with Crippen LogP contribution in [0.4, 0.5) is 0 Å². The van der Waals surface area contributed by atoms with E-state index in [9.17, 15) is 4.57 Å². The number of phosphoric acid groups is 1. The van der Waals surface area contributed by atoms with Gasteiger partial charge in [0.1, 0.15) is 0 Å². The van der Waals surface area contributed by atoms with Crippen molar-refractivity contribution >= 4 is 7.82 Å². The lowest BCUT2D eigenvalue weighted by molar-refractivity contribution is -0.142.